The highest BCUT2D eigenvalue weighted by Gasteiger charge is 2.25. The van der Waals surface area contributed by atoms with Crippen LogP contribution >= 0.6 is 0 Å². The maximum atomic E-state index is 11.2. The third-order valence-corrected chi connectivity index (χ3v) is 4.35. The predicted molar refractivity (Wildman–Crippen MR) is 87.2 cm³/mol. The van der Waals surface area contributed by atoms with Crippen LogP contribution in [0.3, 0.4) is 0 Å². The molecule has 0 aliphatic heterocycles. The Balaban J connectivity index is 2.01. The molecule has 1 aliphatic rings. The first-order valence-corrected chi connectivity index (χ1v) is 8.23. The Kier molecular flexibility index (Phi) is 2.90. The molecule has 0 unspecified atom stereocenters. The topological polar surface area (TPSA) is 107 Å². The molecule has 0 saturated heterocycles. The first-order valence-electron chi connectivity index (χ1n) is 6.86. The number of hydrogen-bond acceptors (Lipinski definition) is 5. The van der Waals surface area contributed by atoms with Gasteiger partial charge in [0.15, 0.2) is 0 Å². The molecular weight excluding hydrogens is 334 g/mol. The molecule has 1 N–H and O–H groups in total. The summed E-state index contributed by atoms with van der Waals surface area (Å²) in [6, 6.07) is 13.0. The third kappa shape index (κ3) is 2.20. The second-order valence-electron chi connectivity index (χ2n) is 5.37. The fourth-order valence-electron chi connectivity index (χ4n) is 3.11. The summed E-state index contributed by atoms with van der Waals surface area (Å²) < 4.78 is 35.1. The Morgan fingerprint density at radius 1 is 0.958 bits per heavy atom. The maximum absolute atomic E-state index is 11.2. The van der Waals surface area contributed by atoms with Crippen LogP contribution < -0.4 is 4.18 Å². The summed E-state index contributed by atoms with van der Waals surface area (Å²) in [7, 11) is -4.64. The molecule has 4 rings (SSSR count). The monoisotopic (exact) mass is 343 g/mol. The van der Waals surface area contributed by atoms with Crippen molar-refractivity contribution in [3.05, 3.63) is 58.6 Å². The second kappa shape index (κ2) is 4.76. The van der Waals surface area contributed by atoms with Gasteiger partial charge in [-0.1, -0.05) is 18.2 Å². The Morgan fingerprint density at radius 2 is 1.75 bits per heavy atom. The van der Waals surface area contributed by atoms with Gasteiger partial charge in [0.1, 0.15) is 5.75 Å². The molecule has 0 bridgehead atoms. The van der Waals surface area contributed by atoms with Crippen LogP contribution in [-0.4, -0.2) is 17.9 Å². The second-order valence-corrected chi connectivity index (χ2v) is 6.39. The van der Waals surface area contributed by atoms with E-state index >= 15 is 0 Å². The minimum atomic E-state index is -4.64. The van der Waals surface area contributed by atoms with Gasteiger partial charge in [0.25, 0.3) is 5.69 Å². The third-order valence-electron chi connectivity index (χ3n) is 3.95. The van der Waals surface area contributed by atoms with Crippen molar-refractivity contribution >= 4 is 26.9 Å². The minimum Gasteiger partial charge on any atom is -0.362 e. The van der Waals surface area contributed by atoms with Gasteiger partial charge < -0.3 is 4.18 Å². The summed E-state index contributed by atoms with van der Waals surface area (Å²) in [5, 5.41) is 12.8. The molecule has 1 aliphatic carbocycles. The summed E-state index contributed by atoms with van der Waals surface area (Å²) in [5.74, 6) is -0.0660. The molecule has 0 amide bonds. The Hall–Kier alpha value is -2.97. The number of nitro groups is 1. The van der Waals surface area contributed by atoms with E-state index in [9.17, 15) is 18.5 Å². The number of benzene rings is 3. The van der Waals surface area contributed by atoms with Gasteiger partial charge in [0, 0.05) is 12.1 Å². The van der Waals surface area contributed by atoms with Gasteiger partial charge in [-0.3, -0.25) is 14.7 Å². The molecule has 0 saturated carbocycles. The van der Waals surface area contributed by atoms with Gasteiger partial charge in [0.2, 0.25) is 0 Å². The van der Waals surface area contributed by atoms with Crippen LogP contribution in [0.15, 0.2) is 48.5 Å². The lowest BCUT2D eigenvalue weighted by Gasteiger charge is -2.05. The van der Waals surface area contributed by atoms with Gasteiger partial charge >= 0.3 is 10.4 Å². The van der Waals surface area contributed by atoms with Crippen molar-refractivity contribution in [2.75, 3.05) is 0 Å². The van der Waals surface area contributed by atoms with Crippen LogP contribution in [0, 0.1) is 10.1 Å². The first kappa shape index (κ1) is 14.6. The van der Waals surface area contributed by atoms with E-state index in [1.165, 1.54) is 24.3 Å². The number of nitro benzene ring substituents is 1. The average Bonchev–Trinajstić information content (AvgIpc) is 2.81. The SMILES string of the molecule is O=[N+]([O-])c1cc2c3c(cccc3c1)-c1ccc(OS(=O)(=O)O)cc1-2. The Bertz CT molecular complexity index is 1140. The normalized spacial score (nSPS) is 12.2. The molecule has 120 valence electrons. The molecule has 3 aromatic carbocycles. The van der Waals surface area contributed by atoms with E-state index in [0.717, 1.165) is 21.9 Å². The summed E-state index contributed by atoms with van der Waals surface area (Å²) in [5.41, 5.74) is 2.92. The molecule has 0 heterocycles. The molecular formula is C16H9NO6S. The zero-order valence-electron chi connectivity index (χ0n) is 12.0. The van der Waals surface area contributed by atoms with E-state index in [-0.39, 0.29) is 11.4 Å². The number of hydrogen-bond donors (Lipinski definition) is 1. The van der Waals surface area contributed by atoms with Gasteiger partial charge in [-0.2, -0.15) is 8.42 Å². The average molecular weight is 343 g/mol. The summed E-state index contributed by atoms with van der Waals surface area (Å²) in [4.78, 5) is 10.7. The van der Waals surface area contributed by atoms with Crippen LogP contribution in [0.25, 0.3) is 33.0 Å². The van der Waals surface area contributed by atoms with Gasteiger partial charge in [-0.15, -0.1) is 0 Å². The van der Waals surface area contributed by atoms with Crippen LogP contribution in [0.4, 0.5) is 5.69 Å². The lowest BCUT2D eigenvalue weighted by Crippen LogP contribution is -2.06. The molecule has 3 aromatic rings. The van der Waals surface area contributed by atoms with Gasteiger partial charge in [0.05, 0.1) is 4.92 Å². The first-order chi connectivity index (χ1) is 11.3. The smallest absolute Gasteiger partial charge is 0.362 e. The summed E-state index contributed by atoms with van der Waals surface area (Å²) in [6.45, 7) is 0. The summed E-state index contributed by atoms with van der Waals surface area (Å²) in [6.07, 6.45) is 0. The number of non-ortho nitro benzene ring substituents is 1. The number of rotatable bonds is 3. The van der Waals surface area contributed by atoms with Crippen LogP contribution in [0.1, 0.15) is 0 Å². The van der Waals surface area contributed by atoms with Crippen molar-refractivity contribution in [3.8, 4) is 28.0 Å². The lowest BCUT2D eigenvalue weighted by atomic mass is 10.0. The fourth-order valence-corrected chi connectivity index (χ4v) is 3.46. The largest absolute Gasteiger partial charge is 0.446 e. The highest BCUT2D eigenvalue weighted by molar-refractivity contribution is 7.81. The van der Waals surface area contributed by atoms with Crippen LogP contribution in [-0.2, 0) is 10.4 Å². The molecule has 8 heteroatoms. The standard InChI is InChI=1S/C16H9NO6S/c18-17(19)10-6-9-2-1-3-13-12-5-4-11(23-24(20,21)22)8-14(12)15(7-10)16(9)13/h1-8H,(H,20,21,22). The van der Waals surface area contributed by atoms with E-state index in [0.29, 0.717) is 11.1 Å². The minimum absolute atomic E-state index is 0.0522. The molecule has 0 spiro atoms. The summed E-state index contributed by atoms with van der Waals surface area (Å²) >= 11 is 0. The lowest BCUT2D eigenvalue weighted by molar-refractivity contribution is -0.384. The van der Waals surface area contributed by atoms with Crippen LogP contribution in [0.2, 0.25) is 0 Å². The number of fused-ring (bicyclic) bond motifs is 3. The van der Waals surface area contributed by atoms with E-state index in [1.54, 1.807) is 12.1 Å². The van der Waals surface area contributed by atoms with Crippen molar-refractivity contribution in [1.29, 1.82) is 0 Å². The van der Waals surface area contributed by atoms with E-state index in [4.69, 9.17) is 4.55 Å². The molecule has 0 radical (unpaired) electrons. The van der Waals surface area contributed by atoms with E-state index in [1.807, 2.05) is 12.1 Å². The predicted octanol–water partition coefficient (Wildman–Crippen LogP) is 3.58. The van der Waals surface area contributed by atoms with Crippen molar-refractivity contribution < 1.29 is 22.1 Å². The zero-order chi connectivity index (χ0) is 17.1. The Morgan fingerprint density at radius 3 is 2.46 bits per heavy atom. The quantitative estimate of drug-likeness (QED) is 0.346. The zero-order valence-corrected chi connectivity index (χ0v) is 12.8. The molecule has 7 nitrogen and oxygen atoms in total. The fraction of sp³-hybridized carbons (Fsp3) is 0. The molecule has 0 aromatic heterocycles. The molecule has 24 heavy (non-hydrogen) atoms. The van der Waals surface area contributed by atoms with Crippen molar-refractivity contribution in [3.63, 3.8) is 0 Å². The van der Waals surface area contributed by atoms with Crippen molar-refractivity contribution in [2.24, 2.45) is 0 Å². The van der Waals surface area contributed by atoms with Gasteiger partial charge in [-0.05, 0) is 51.2 Å². The van der Waals surface area contributed by atoms with Crippen molar-refractivity contribution in [1.82, 2.24) is 0 Å². The highest BCUT2D eigenvalue weighted by atomic mass is 32.3. The molecule has 0 atom stereocenters. The van der Waals surface area contributed by atoms with E-state index < -0.39 is 15.3 Å². The van der Waals surface area contributed by atoms with E-state index in [2.05, 4.69) is 4.18 Å². The van der Waals surface area contributed by atoms with Crippen LogP contribution in [0.5, 0.6) is 5.75 Å². The molecule has 0 fully saturated rings. The number of nitrogens with zero attached hydrogens (tertiary/aromatic N) is 1. The Labute approximate surface area is 136 Å². The highest BCUT2D eigenvalue weighted by Crippen LogP contribution is 2.49. The van der Waals surface area contributed by atoms with Crippen molar-refractivity contribution in [2.45, 2.75) is 0 Å². The van der Waals surface area contributed by atoms with Gasteiger partial charge in [-0.25, -0.2) is 0 Å². The maximum Gasteiger partial charge on any atom is 0.446 e.